The minimum absolute atomic E-state index is 0.0257. The summed E-state index contributed by atoms with van der Waals surface area (Å²) in [5, 5.41) is 0. The van der Waals surface area contributed by atoms with E-state index in [0.717, 1.165) is 12.1 Å². The Labute approximate surface area is 161 Å². The van der Waals surface area contributed by atoms with Crippen molar-refractivity contribution < 1.29 is 37.3 Å². The van der Waals surface area contributed by atoms with Crippen molar-refractivity contribution in [2.75, 3.05) is 20.5 Å². The van der Waals surface area contributed by atoms with Crippen molar-refractivity contribution in [3.05, 3.63) is 41.2 Å². The largest absolute Gasteiger partial charge is 0.494 e. The Kier molecular flexibility index (Phi) is 5.69. The van der Waals surface area contributed by atoms with Crippen molar-refractivity contribution in [3.63, 3.8) is 0 Å². The molecule has 3 atom stereocenters. The summed E-state index contributed by atoms with van der Waals surface area (Å²) < 4.78 is 49.5. The molecule has 1 saturated heterocycles. The maximum Gasteiger partial charge on any atom is 0.316 e. The Hall–Kier alpha value is -2.48. The lowest BCUT2D eigenvalue weighted by molar-refractivity contribution is -0.155. The summed E-state index contributed by atoms with van der Waals surface area (Å²) in [4.78, 5) is 24.5. The molecular weight excluding hydrogens is 374 g/mol. The molecule has 0 amide bonds. The molecule has 0 unspecified atom stereocenters. The van der Waals surface area contributed by atoms with Crippen LogP contribution in [0.4, 0.5) is 8.78 Å². The van der Waals surface area contributed by atoms with Gasteiger partial charge in [0.25, 0.3) is 0 Å². The van der Waals surface area contributed by atoms with Crippen LogP contribution in [-0.4, -0.2) is 37.9 Å². The van der Waals surface area contributed by atoms with E-state index in [4.69, 9.17) is 18.9 Å². The minimum atomic E-state index is -1.09. The molecule has 1 aliphatic heterocycles. The molecule has 0 N–H and O–H groups in total. The molecule has 6 nitrogen and oxygen atoms in total. The summed E-state index contributed by atoms with van der Waals surface area (Å²) in [7, 11) is 1.26. The van der Waals surface area contributed by atoms with E-state index >= 15 is 0 Å². The third-order valence-corrected chi connectivity index (χ3v) is 5.29. The summed E-state index contributed by atoms with van der Waals surface area (Å²) in [5.41, 5.74) is -0.951. The van der Waals surface area contributed by atoms with Gasteiger partial charge in [-0.05, 0) is 30.9 Å². The van der Waals surface area contributed by atoms with Gasteiger partial charge in [0, 0.05) is 18.6 Å². The highest BCUT2D eigenvalue weighted by Gasteiger charge is 2.54. The zero-order valence-electron chi connectivity index (χ0n) is 15.9. The van der Waals surface area contributed by atoms with Crippen LogP contribution >= 0.6 is 0 Å². The summed E-state index contributed by atoms with van der Waals surface area (Å²) in [5.74, 6) is -3.64. The number of benzene rings is 1. The number of hydrogen-bond donors (Lipinski definition) is 0. The molecule has 0 saturated carbocycles. The second-order valence-electron chi connectivity index (χ2n) is 6.90. The molecule has 2 aliphatic rings. The number of halogens is 2. The highest BCUT2D eigenvalue weighted by Crippen LogP contribution is 2.46. The molecule has 1 aromatic rings. The van der Waals surface area contributed by atoms with Gasteiger partial charge in [-0.15, -0.1) is 0 Å². The van der Waals surface area contributed by atoms with Gasteiger partial charge in [0.05, 0.1) is 13.7 Å². The fraction of sp³-hybridized carbons (Fsp3) is 0.500. The quantitative estimate of drug-likeness (QED) is 0.544. The van der Waals surface area contributed by atoms with E-state index in [1.807, 2.05) is 0 Å². The summed E-state index contributed by atoms with van der Waals surface area (Å²) in [6, 6.07) is 2.07. The van der Waals surface area contributed by atoms with Gasteiger partial charge in [-0.1, -0.05) is 6.92 Å². The Balaban J connectivity index is 1.90. The fourth-order valence-corrected chi connectivity index (χ4v) is 3.75. The van der Waals surface area contributed by atoms with Crippen LogP contribution in [0.1, 0.15) is 25.8 Å². The van der Waals surface area contributed by atoms with Crippen molar-refractivity contribution in [1.29, 1.82) is 0 Å². The zero-order valence-corrected chi connectivity index (χ0v) is 15.9. The van der Waals surface area contributed by atoms with E-state index in [1.54, 1.807) is 13.8 Å². The molecule has 0 radical (unpaired) electrons. The van der Waals surface area contributed by atoms with Gasteiger partial charge in [0.15, 0.2) is 24.1 Å². The molecule has 1 aromatic carbocycles. The number of carbonyl (C=O) groups excluding carboxylic acids is 2. The monoisotopic (exact) mass is 396 g/mol. The molecule has 28 heavy (non-hydrogen) atoms. The number of allylic oxidation sites excluding steroid dienone is 1. The van der Waals surface area contributed by atoms with Crippen LogP contribution in [0.2, 0.25) is 0 Å². The van der Waals surface area contributed by atoms with Gasteiger partial charge in [-0.2, -0.15) is 0 Å². The number of methoxy groups -OCH3 is 1. The van der Waals surface area contributed by atoms with Gasteiger partial charge in [0.2, 0.25) is 0 Å². The first kappa shape index (κ1) is 20.3. The van der Waals surface area contributed by atoms with Crippen LogP contribution in [0.5, 0.6) is 5.75 Å². The third-order valence-electron chi connectivity index (χ3n) is 5.29. The smallest absolute Gasteiger partial charge is 0.316 e. The van der Waals surface area contributed by atoms with Crippen LogP contribution in [0.3, 0.4) is 0 Å². The number of esters is 1. The minimum Gasteiger partial charge on any atom is -0.494 e. The number of ketones is 1. The maximum atomic E-state index is 14.4. The lowest BCUT2D eigenvalue weighted by Crippen LogP contribution is -2.47. The fourth-order valence-electron chi connectivity index (χ4n) is 3.75. The molecule has 3 rings (SSSR count). The van der Waals surface area contributed by atoms with Crippen molar-refractivity contribution in [1.82, 2.24) is 0 Å². The topological polar surface area (TPSA) is 71.1 Å². The predicted octanol–water partition coefficient (Wildman–Crippen LogP) is 2.93. The van der Waals surface area contributed by atoms with E-state index in [9.17, 15) is 18.4 Å². The number of rotatable bonds is 6. The number of fused-ring (bicyclic) bond motifs is 1. The molecule has 0 bridgehead atoms. The van der Waals surface area contributed by atoms with Gasteiger partial charge >= 0.3 is 5.97 Å². The summed E-state index contributed by atoms with van der Waals surface area (Å²) >= 11 is 0. The van der Waals surface area contributed by atoms with Crippen LogP contribution in [0.25, 0.3) is 0 Å². The van der Waals surface area contributed by atoms with E-state index in [2.05, 4.69) is 0 Å². The summed E-state index contributed by atoms with van der Waals surface area (Å²) in [6.07, 6.45) is 1.38. The third kappa shape index (κ3) is 3.48. The Morgan fingerprint density at radius 3 is 2.79 bits per heavy atom. The number of ether oxygens (including phenoxy) is 4. The number of carbonyl (C=O) groups is 2. The molecule has 1 heterocycles. The van der Waals surface area contributed by atoms with E-state index in [0.29, 0.717) is 5.76 Å². The van der Waals surface area contributed by atoms with Gasteiger partial charge < -0.3 is 18.9 Å². The molecule has 0 spiro atoms. The summed E-state index contributed by atoms with van der Waals surface area (Å²) in [6.45, 7) is 3.50. The molecule has 1 fully saturated rings. The van der Waals surface area contributed by atoms with Gasteiger partial charge in [-0.3, -0.25) is 9.59 Å². The second-order valence-corrected chi connectivity index (χ2v) is 6.90. The first-order chi connectivity index (χ1) is 13.3. The van der Waals surface area contributed by atoms with Crippen molar-refractivity contribution >= 4 is 11.8 Å². The highest BCUT2D eigenvalue weighted by molar-refractivity contribution is 6.06. The molecular formula is C20H22F2O6. The van der Waals surface area contributed by atoms with Gasteiger partial charge in [-0.25, -0.2) is 8.78 Å². The highest BCUT2D eigenvalue weighted by atomic mass is 19.1. The van der Waals surface area contributed by atoms with Crippen molar-refractivity contribution in [2.45, 2.75) is 32.3 Å². The standard InChI is InChI=1S/C20H22F2O6/c1-4-26-19(24)13-9-20(18(8-16(13)23)27-10-28-20)11(2)5-12-6-15(22)17(25-3)7-14(12)21/h6-8,11,13H,4-5,9-10H2,1-3H3/t11-,13+,20+/m0/s1. The van der Waals surface area contributed by atoms with E-state index in [-0.39, 0.29) is 37.6 Å². The first-order valence-corrected chi connectivity index (χ1v) is 9.03. The Bertz CT molecular complexity index is 821. The molecule has 152 valence electrons. The lowest BCUT2D eigenvalue weighted by atomic mass is 9.72. The SMILES string of the molecule is CCOC(=O)[C@@H]1C[C@]2([C@@H](C)Cc3cc(F)c(OC)cc3F)OCOC2=CC1=O. The molecule has 8 heteroatoms. The average Bonchev–Trinajstić information content (AvgIpc) is 3.07. The van der Waals surface area contributed by atoms with E-state index in [1.165, 1.54) is 13.2 Å². The lowest BCUT2D eigenvalue weighted by Gasteiger charge is -2.37. The van der Waals surface area contributed by atoms with Crippen molar-refractivity contribution in [2.24, 2.45) is 11.8 Å². The van der Waals surface area contributed by atoms with Crippen LogP contribution in [0, 0.1) is 23.5 Å². The van der Waals surface area contributed by atoms with Crippen LogP contribution in [-0.2, 0) is 30.2 Å². The van der Waals surface area contributed by atoms with Crippen LogP contribution in [0.15, 0.2) is 24.0 Å². The predicted molar refractivity (Wildman–Crippen MR) is 93.4 cm³/mol. The maximum absolute atomic E-state index is 14.4. The molecule has 0 aromatic heterocycles. The first-order valence-electron chi connectivity index (χ1n) is 9.03. The second kappa shape index (κ2) is 7.87. The van der Waals surface area contributed by atoms with E-state index < -0.39 is 40.8 Å². The zero-order chi connectivity index (χ0) is 20.5. The van der Waals surface area contributed by atoms with Crippen LogP contribution < -0.4 is 4.74 Å². The normalized spacial score (nSPS) is 24.8. The van der Waals surface area contributed by atoms with Gasteiger partial charge in [0.1, 0.15) is 23.1 Å². The number of hydrogen-bond acceptors (Lipinski definition) is 6. The molecule has 1 aliphatic carbocycles. The average molecular weight is 396 g/mol. The Morgan fingerprint density at radius 2 is 2.11 bits per heavy atom. The Morgan fingerprint density at radius 1 is 1.36 bits per heavy atom. The van der Waals surface area contributed by atoms with Crippen molar-refractivity contribution in [3.8, 4) is 5.75 Å².